The zero-order valence-corrected chi connectivity index (χ0v) is 17.7. The number of nitrogens with one attached hydrogen (secondary N) is 2. The summed E-state index contributed by atoms with van der Waals surface area (Å²) in [5.74, 6) is 1.72. The molecule has 0 bridgehead atoms. The average Bonchev–Trinajstić information content (AvgIpc) is 3.11. The minimum Gasteiger partial charge on any atom is -0.492 e. The molecule has 1 aromatic heterocycles. The maximum atomic E-state index is 6.03. The SMILES string of the molecule is CCN(CC)CCOc1ccccc1CNC(=NC)NCc1ccc(C)s1. The molecule has 0 fully saturated rings. The molecule has 2 rings (SSSR count). The van der Waals surface area contributed by atoms with Crippen LogP contribution in [0.1, 0.15) is 29.2 Å². The van der Waals surface area contributed by atoms with Crippen LogP contribution in [-0.2, 0) is 13.1 Å². The number of guanidine groups is 1. The summed E-state index contributed by atoms with van der Waals surface area (Å²) in [6.45, 7) is 11.7. The van der Waals surface area contributed by atoms with Crippen LogP contribution in [0.25, 0.3) is 0 Å². The summed E-state index contributed by atoms with van der Waals surface area (Å²) in [4.78, 5) is 9.30. The van der Waals surface area contributed by atoms with Crippen molar-refractivity contribution < 1.29 is 4.74 Å². The molecular formula is C21H32N4OS. The van der Waals surface area contributed by atoms with Crippen LogP contribution in [0.2, 0.25) is 0 Å². The summed E-state index contributed by atoms with van der Waals surface area (Å²) < 4.78 is 6.03. The lowest BCUT2D eigenvalue weighted by Crippen LogP contribution is -2.36. The van der Waals surface area contributed by atoms with Gasteiger partial charge in [-0.2, -0.15) is 0 Å². The highest BCUT2D eigenvalue weighted by molar-refractivity contribution is 7.11. The zero-order chi connectivity index (χ0) is 19.5. The van der Waals surface area contributed by atoms with E-state index in [0.717, 1.165) is 43.5 Å². The van der Waals surface area contributed by atoms with Crippen LogP contribution >= 0.6 is 11.3 Å². The molecule has 2 N–H and O–H groups in total. The molecule has 0 aliphatic heterocycles. The van der Waals surface area contributed by atoms with Gasteiger partial charge in [-0.15, -0.1) is 11.3 Å². The average molecular weight is 389 g/mol. The highest BCUT2D eigenvalue weighted by Gasteiger charge is 2.06. The maximum Gasteiger partial charge on any atom is 0.191 e. The number of hydrogen-bond donors (Lipinski definition) is 2. The van der Waals surface area contributed by atoms with Crippen molar-refractivity contribution in [2.24, 2.45) is 4.99 Å². The predicted octanol–water partition coefficient (Wildman–Crippen LogP) is 3.64. The Balaban J connectivity index is 1.84. The van der Waals surface area contributed by atoms with Gasteiger partial charge in [-0.25, -0.2) is 0 Å². The number of ether oxygens (including phenoxy) is 1. The first kappa shape index (κ1) is 21.3. The molecule has 0 saturated heterocycles. The smallest absolute Gasteiger partial charge is 0.191 e. The van der Waals surface area contributed by atoms with E-state index in [4.69, 9.17) is 4.74 Å². The predicted molar refractivity (Wildman–Crippen MR) is 116 cm³/mol. The number of hydrogen-bond acceptors (Lipinski definition) is 4. The largest absolute Gasteiger partial charge is 0.492 e. The molecule has 0 aliphatic carbocycles. The van der Waals surface area contributed by atoms with E-state index in [9.17, 15) is 0 Å². The Morgan fingerprint density at radius 1 is 1.07 bits per heavy atom. The van der Waals surface area contributed by atoms with E-state index in [-0.39, 0.29) is 0 Å². The maximum absolute atomic E-state index is 6.03. The van der Waals surface area contributed by atoms with Gasteiger partial charge in [0.2, 0.25) is 0 Å². The van der Waals surface area contributed by atoms with E-state index in [1.165, 1.54) is 9.75 Å². The van der Waals surface area contributed by atoms with Crippen molar-refractivity contribution in [3.05, 3.63) is 51.7 Å². The number of aliphatic imine (C=N–C) groups is 1. The first-order chi connectivity index (χ1) is 13.2. The van der Waals surface area contributed by atoms with E-state index in [2.05, 4.69) is 59.5 Å². The van der Waals surface area contributed by atoms with Crippen molar-refractivity contribution >= 4 is 17.3 Å². The third-order valence-electron chi connectivity index (χ3n) is 4.43. The van der Waals surface area contributed by atoms with E-state index in [1.54, 1.807) is 18.4 Å². The molecule has 1 aromatic carbocycles. The van der Waals surface area contributed by atoms with Gasteiger partial charge in [0.25, 0.3) is 0 Å². The summed E-state index contributed by atoms with van der Waals surface area (Å²) in [5.41, 5.74) is 1.13. The van der Waals surface area contributed by atoms with Crippen molar-refractivity contribution in [3.8, 4) is 5.75 Å². The molecule has 1 heterocycles. The minimum absolute atomic E-state index is 0.671. The fraction of sp³-hybridized carbons (Fsp3) is 0.476. The Hall–Kier alpha value is -2.05. The second kappa shape index (κ2) is 11.6. The fourth-order valence-electron chi connectivity index (χ4n) is 2.77. The van der Waals surface area contributed by atoms with Crippen LogP contribution in [0.15, 0.2) is 41.4 Å². The third kappa shape index (κ3) is 7.23. The molecular weight excluding hydrogens is 356 g/mol. The Labute approximate surface area is 167 Å². The van der Waals surface area contributed by atoms with Gasteiger partial charge in [-0.3, -0.25) is 4.99 Å². The molecule has 0 atom stereocenters. The van der Waals surface area contributed by atoms with Crippen LogP contribution in [0, 0.1) is 6.92 Å². The molecule has 0 unspecified atom stereocenters. The topological polar surface area (TPSA) is 48.9 Å². The molecule has 5 nitrogen and oxygen atoms in total. The summed E-state index contributed by atoms with van der Waals surface area (Å²) in [6.07, 6.45) is 0. The Bertz CT molecular complexity index is 710. The molecule has 0 spiro atoms. The molecule has 27 heavy (non-hydrogen) atoms. The number of para-hydroxylation sites is 1. The molecule has 0 saturated carbocycles. The van der Waals surface area contributed by atoms with E-state index in [0.29, 0.717) is 13.2 Å². The number of thiophene rings is 1. The van der Waals surface area contributed by atoms with Gasteiger partial charge in [0.15, 0.2) is 5.96 Å². The van der Waals surface area contributed by atoms with Gasteiger partial charge in [-0.1, -0.05) is 32.0 Å². The lowest BCUT2D eigenvalue weighted by atomic mass is 10.2. The molecule has 148 valence electrons. The second-order valence-corrected chi connectivity index (χ2v) is 7.65. The summed E-state index contributed by atoms with van der Waals surface area (Å²) >= 11 is 1.80. The Morgan fingerprint density at radius 2 is 1.81 bits per heavy atom. The van der Waals surface area contributed by atoms with Crippen molar-refractivity contribution in [2.75, 3.05) is 33.3 Å². The molecule has 0 aliphatic rings. The van der Waals surface area contributed by atoms with Gasteiger partial charge in [0, 0.05) is 35.5 Å². The van der Waals surface area contributed by atoms with Crippen molar-refractivity contribution in [3.63, 3.8) is 0 Å². The van der Waals surface area contributed by atoms with E-state index in [1.807, 2.05) is 18.2 Å². The summed E-state index contributed by atoms with van der Waals surface area (Å²) in [5, 5.41) is 6.74. The number of nitrogens with zero attached hydrogens (tertiary/aromatic N) is 2. The standard InChI is InChI=1S/C21H32N4OS/c1-5-25(6-2)13-14-26-20-10-8-7-9-18(20)15-23-21(22-4)24-16-19-12-11-17(3)27-19/h7-12H,5-6,13-16H2,1-4H3,(H2,22,23,24). The first-order valence-electron chi connectivity index (χ1n) is 9.59. The van der Waals surface area contributed by atoms with Crippen LogP contribution in [0.3, 0.4) is 0 Å². The van der Waals surface area contributed by atoms with E-state index < -0.39 is 0 Å². The van der Waals surface area contributed by atoms with Gasteiger partial charge in [0.1, 0.15) is 12.4 Å². The number of aryl methyl sites for hydroxylation is 1. The molecule has 6 heteroatoms. The van der Waals surface area contributed by atoms with Gasteiger partial charge < -0.3 is 20.3 Å². The third-order valence-corrected chi connectivity index (χ3v) is 5.43. The number of likely N-dealkylation sites (N-methyl/N-ethyl adjacent to an activating group) is 1. The second-order valence-electron chi connectivity index (χ2n) is 6.27. The lowest BCUT2D eigenvalue weighted by molar-refractivity contribution is 0.221. The van der Waals surface area contributed by atoms with Crippen LogP contribution < -0.4 is 15.4 Å². The molecule has 0 radical (unpaired) electrons. The van der Waals surface area contributed by atoms with Crippen LogP contribution in [-0.4, -0.2) is 44.1 Å². The van der Waals surface area contributed by atoms with Crippen LogP contribution in [0.5, 0.6) is 5.75 Å². The van der Waals surface area contributed by atoms with Crippen molar-refractivity contribution in [1.82, 2.24) is 15.5 Å². The van der Waals surface area contributed by atoms with Crippen molar-refractivity contribution in [2.45, 2.75) is 33.9 Å². The summed E-state index contributed by atoms with van der Waals surface area (Å²) in [6, 6.07) is 12.5. The monoisotopic (exact) mass is 388 g/mol. The Kier molecular flexibility index (Phi) is 9.15. The molecule has 2 aromatic rings. The lowest BCUT2D eigenvalue weighted by Gasteiger charge is -2.19. The molecule has 0 amide bonds. The first-order valence-corrected chi connectivity index (χ1v) is 10.4. The number of rotatable bonds is 10. The van der Waals surface area contributed by atoms with E-state index >= 15 is 0 Å². The minimum atomic E-state index is 0.671. The quantitative estimate of drug-likeness (QED) is 0.482. The summed E-state index contributed by atoms with van der Waals surface area (Å²) in [7, 11) is 1.79. The van der Waals surface area contributed by atoms with Gasteiger partial charge in [0.05, 0.1) is 6.54 Å². The normalized spacial score (nSPS) is 11.7. The highest BCUT2D eigenvalue weighted by atomic mass is 32.1. The zero-order valence-electron chi connectivity index (χ0n) is 16.9. The Morgan fingerprint density at radius 3 is 2.48 bits per heavy atom. The van der Waals surface area contributed by atoms with Gasteiger partial charge in [-0.05, 0) is 38.2 Å². The number of benzene rings is 1. The van der Waals surface area contributed by atoms with Crippen LogP contribution in [0.4, 0.5) is 0 Å². The highest BCUT2D eigenvalue weighted by Crippen LogP contribution is 2.18. The van der Waals surface area contributed by atoms with Crippen molar-refractivity contribution in [1.29, 1.82) is 0 Å². The fourth-order valence-corrected chi connectivity index (χ4v) is 3.60. The van der Waals surface area contributed by atoms with Gasteiger partial charge >= 0.3 is 0 Å².